The highest BCUT2D eigenvalue weighted by Gasteiger charge is 2.21. The summed E-state index contributed by atoms with van der Waals surface area (Å²) in [6.07, 6.45) is 4.04. The highest BCUT2D eigenvalue weighted by molar-refractivity contribution is 7.22. The molecule has 1 aromatic carbocycles. The molecule has 5 heteroatoms. The van der Waals surface area contributed by atoms with Gasteiger partial charge in [0, 0.05) is 24.0 Å². The van der Waals surface area contributed by atoms with Crippen LogP contribution in [0.2, 0.25) is 0 Å². The molecule has 0 aliphatic carbocycles. The summed E-state index contributed by atoms with van der Waals surface area (Å²) in [6, 6.07) is 11.1. The molecule has 130 valence electrons. The summed E-state index contributed by atoms with van der Waals surface area (Å²) < 4.78 is 0. The van der Waals surface area contributed by atoms with Gasteiger partial charge < -0.3 is 10.2 Å². The summed E-state index contributed by atoms with van der Waals surface area (Å²) in [6.45, 7) is 7.91. The number of piperidine rings is 1. The third-order valence-electron chi connectivity index (χ3n) is 5.14. The Morgan fingerprint density at radius 1 is 1.16 bits per heavy atom. The van der Waals surface area contributed by atoms with Crippen LogP contribution < -0.4 is 5.32 Å². The fourth-order valence-electron chi connectivity index (χ4n) is 3.63. The monoisotopic (exact) mass is 352 g/mol. The van der Waals surface area contributed by atoms with Crippen LogP contribution in [0.15, 0.2) is 36.7 Å². The van der Waals surface area contributed by atoms with Crippen LogP contribution in [0.3, 0.4) is 0 Å². The summed E-state index contributed by atoms with van der Waals surface area (Å²) in [5.41, 5.74) is 2.53. The number of fused-ring (bicyclic) bond motifs is 1. The highest BCUT2D eigenvalue weighted by atomic mass is 32.1. The zero-order valence-corrected chi connectivity index (χ0v) is 15.6. The van der Waals surface area contributed by atoms with Crippen molar-refractivity contribution in [2.24, 2.45) is 0 Å². The fraction of sp³-hybridized carbons (Fsp3) is 0.400. The van der Waals surface area contributed by atoms with Crippen molar-refractivity contribution in [2.75, 3.05) is 25.0 Å². The first-order chi connectivity index (χ1) is 12.3. The highest BCUT2D eigenvalue weighted by Crippen LogP contribution is 2.39. The van der Waals surface area contributed by atoms with Crippen molar-refractivity contribution < 1.29 is 0 Å². The lowest BCUT2D eigenvalue weighted by molar-refractivity contribution is 0.229. The molecule has 0 atom stereocenters. The number of likely N-dealkylation sites (tertiary alicyclic amines) is 1. The van der Waals surface area contributed by atoms with Gasteiger partial charge in [-0.3, -0.25) is 0 Å². The zero-order chi connectivity index (χ0) is 17.2. The van der Waals surface area contributed by atoms with Crippen molar-refractivity contribution in [3.05, 3.63) is 42.2 Å². The predicted octanol–water partition coefficient (Wildman–Crippen LogP) is 4.56. The Bertz CT molecular complexity index is 851. The van der Waals surface area contributed by atoms with Crippen molar-refractivity contribution in [1.29, 1.82) is 0 Å². The van der Waals surface area contributed by atoms with E-state index in [-0.39, 0.29) is 0 Å². The SMILES string of the molecule is CCN1CCC(Nc2ncnc3sc(-c4ccccc4)c(C)c23)CC1. The molecule has 0 unspecified atom stereocenters. The number of benzene rings is 1. The standard InChI is InChI=1S/C20H24N4S/c1-3-24-11-9-16(10-12-24)23-19-17-14(2)18(15-7-5-4-6-8-15)25-20(17)22-13-21-19/h4-8,13,16H,3,9-12H2,1-2H3,(H,21,22,23). The first-order valence-electron chi connectivity index (χ1n) is 9.04. The van der Waals surface area contributed by atoms with Gasteiger partial charge in [-0.05, 0) is 37.4 Å². The van der Waals surface area contributed by atoms with Crippen molar-refractivity contribution in [3.63, 3.8) is 0 Å². The molecule has 25 heavy (non-hydrogen) atoms. The number of rotatable bonds is 4. The van der Waals surface area contributed by atoms with Gasteiger partial charge in [-0.1, -0.05) is 37.3 Å². The minimum absolute atomic E-state index is 0.500. The lowest BCUT2D eigenvalue weighted by Gasteiger charge is -2.31. The first-order valence-corrected chi connectivity index (χ1v) is 9.86. The van der Waals surface area contributed by atoms with Gasteiger partial charge in [-0.25, -0.2) is 9.97 Å². The third-order valence-corrected chi connectivity index (χ3v) is 6.39. The Labute approximate surface area is 152 Å². The second kappa shape index (κ2) is 7.10. The summed E-state index contributed by atoms with van der Waals surface area (Å²) >= 11 is 1.76. The Hall–Kier alpha value is -1.98. The van der Waals surface area contributed by atoms with Gasteiger partial charge in [-0.2, -0.15) is 0 Å². The van der Waals surface area contributed by atoms with Crippen molar-refractivity contribution in [2.45, 2.75) is 32.7 Å². The maximum absolute atomic E-state index is 4.58. The molecule has 0 saturated carbocycles. The van der Waals surface area contributed by atoms with Gasteiger partial charge >= 0.3 is 0 Å². The van der Waals surface area contributed by atoms with Crippen LogP contribution in [-0.2, 0) is 0 Å². The second-order valence-electron chi connectivity index (χ2n) is 6.68. The van der Waals surface area contributed by atoms with E-state index in [1.165, 1.54) is 47.3 Å². The molecule has 3 heterocycles. The van der Waals surface area contributed by atoms with Gasteiger partial charge in [0.15, 0.2) is 0 Å². The molecule has 1 N–H and O–H groups in total. The number of aromatic nitrogens is 2. The molecule has 4 nitrogen and oxygen atoms in total. The van der Waals surface area contributed by atoms with E-state index in [9.17, 15) is 0 Å². The van der Waals surface area contributed by atoms with E-state index >= 15 is 0 Å². The summed E-state index contributed by atoms with van der Waals surface area (Å²) in [5.74, 6) is 0.996. The van der Waals surface area contributed by atoms with E-state index < -0.39 is 0 Å². The Kier molecular flexibility index (Phi) is 4.68. The van der Waals surface area contributed by atoms with Gasteiger partial charge in [0.2, 0.25) is 0 Å². The molecule has 2 aromatic heterocycles. The van der Waals surface area contributed by atoms with Crippen LogP contribution in [0.5, 0.6) is 0 Å². The van der Waals surface area contributed by atoms with Crippen LogP contribution in [0.1, 0.15) is 25.3 Å². The Morgan fingerprint density at radius 2 is 1.92 bits per heavy atom. The molecule has 0 bridgehead atoms. The van der Waals surface area contributed by atoms with E-state index in [0.29, 0.717) is 6.04 Å². The summed E-state index contributed by atoms with van der Waals surface area (Å²) in [7, 11) is 0. The maximum Gasteiger partial charge on any atom is 0.138 e. The smallest absolute Gasteiger partial charge is 0.138 e. The molecule has 0 amide bonds. The van der Waals surface area contributed by atoms with E-state index in [1.807, 2.05) is 0 Å². The average Bonchev–Trinajstić information content (AvgIpc) is 3.01. The number of nitrogens with zero attached hydrogens (tertiary/aromatic N) is 3. The van der Waals surface area contributed by atoms with Gasteiger partial charge in [0.05, 0.1) is 5.39 Å². The van der Waals surface area contributed by atoms with Gasteiger partial charge in [-0.15, -0.1) is 11.3 Å². The van der Waals surface area contributed by atoms with Crippen molar-refractivity contribution in [3.8, 4) is 10.4 Å². The molecule has 1 fully saturated rings. The molecule has 4 rings (SSSR count). The lowest BCUT2D eigenvalue weighted by atomic mass is 10.0. The van der Waals surface area contributed by atoms with Gasteiger partial charge in [0.25, 0.3) is 0 Å². The second-order valence-corrected chi connectivity index (χ2v) is 7.68. The minimum Gasteiger partial charge on any atom is -0.367 e. The number of thiophene rings is 1. The quantitative estimate of drug-likeness (QED) is 0.747. The topological polar surface area (TPSA) is 41.0 Å². The first kappa shape index (κ1) is 16.5. The van der Waals surface area contributed by atoms with E-state index in [2.05, 4.69) is 64.4 Å². The molecule has 0 radical (unpaired) electrons. The molecule has 0 spiro atoms. The van der Waals surface area contributed by atoms with Crippen LogP contribution in [0.4, 0.5) is 5.82 Å². The van der Waals surface area contributed by atoms with Crippen LogP contribution in [0.25, 0.3) is 20.7 Å². The zero-order valence-electron chi connectivity index (χ0n) is 14.8. The Morgan fingerprint density at radius 3 is 2.64 bits per heavy atom. The van der Waals surface area contributed by atoms with Crippen molar-refractivity contribution in [1.82, 2.24) is 14.9 Å². The molecular formula is C20H24N4S. The third kappa shape index (κ3) is 3.26. The van der Waals surface area contributed by atoms with Crippen LogP contribution in [-0.4, -0.2) is 40.5 Å². The number of hydrogen-bond donors (Lipinski definition) is 1. The van der Waals surface area contributed by atoms with E-state index in [1.54, 1.807) is 17.7 Å². The lowest BCUT2D eigenvalue weighted by Crippen LogP contribution is -2.39. The van der Waals surface area contributed by atoms with Crippen LogP contribution in [0, 0.1) is 6.92 Å². The normalized spacial score (nSPS) is 16.4. The van der Waals surface area contributed by atoms with Gasteiger partial charge in [0.1, 0.15) is 17.0 Å². The molecule has 1 aliphatic heterocycles. The maximum atomic E-state index is 4.58. The Balaban J connectivity index is 1.65. The molecular weight excluding hydrogens is 328 g/mol. The molecule has 3 aromatic rings. The molecule has 1 aliphatic rings. The number of anilines is 1. The number of hydrogen-bond acceptors (Lipinski definition) is 5. The molecule has 1 saturated heterocycles. The average molecular weight is 353 g/mol. The summed E-state index contributed by atoms with van der Waals surface area (Å²) in [4.78, 5) is 14.0. The fourth-order valence-corrected chi connectivity index (χ4v) is 4.79. The minimum atomic E-state index is 0.500. The number of nitrogens with one attached hydrogen (secondary N) is 1. The van der Waals surface area contributed by atoms with Crippen LogP contribution >= 0.6 is 11.3 Å². The predicted molar refractivity (Wildman–Crippen MR) is 106 cm³/mol. The van der Waals surface area contributed by atoms with E-state index in [0.717, 1.165) is 17.2 Å². The number of aryl methyl sites for hydroxylation is 1. The largest absolute Gasteiger partial charge is 0.367 e. The van der Waals surface area contributed by atoms with Crippen molar-refractivity contribution >= 4 is 27.4 Å². The van der Waals surface area contributed by atoms with E-state index in [4.69, 9.17) is 0 Å². The summed E-state index contributed by atoms with van der Waals surface area (Å²) in [5, 5.41) is 4.89.